The minimum Gasteiger partial charge on any atom is -0.496 e. The summed E-state index contributed by atoms with van der Waals surface area (Å²) in [6, 6.07) is 8.96. The minimum absolute atomic E-state index is 0.0161. The predicted molar refractivity (Wildman–Crippen MR) is 154 cm³/mol. The van der Waals surface area contributed by atoms with Crippen molar-refractivity contribution in [2.45, 2.75) is 29.8 Å². The van der Waals surface area contributed by atoms with Crippen LogP contribution in [0.3, 0.4) is 0 Å². The van der Waals surface area contributed by atoms with Gasteiger partial charge in [-0.2, -0.15) is 0 Å². The molecule has 3 aliphatic rings. The number of allylic oxidation sites excluding steroid dienone is 1. The summed E-state index contributed by atoms with van der Waals surface area (Å²) in [5, 5.41) is 3.24. The van der Waals surface area contributed by atoms with Crippen LogP contribution < -0.4 is 30.8 Å². The highest BCUT2D eigenvalue weighted by Crippen LogP contribution is 2.56. The Morgan fingerprint density at radius 3 is 2.39 bits per heavy atom. The summed E-state index contributed by atoms with van der Waals surface area (Å²) in [6.07, 6.45) is 2.17. The first-order chi connectivity index (χ1) is 19.6. The van der Waals surface area contributed by atoms with Gasteiger partial charge in [-0.25, -0.2) is 4.79 Å². The van der Waals surface area contributed by atoms with Crippen molar-refractivity contribution in [1.29, 1.82) is 0 Å². The number of methoxy groups -OCH3 is 2. The number of carbonyl (C=O) groups is 2. The van der Waals surface area contributed by atoms with Gasteiger partial charge in [-0.05, 0) is 30.4 Å². The van der Waals surface area contributed by atoms with Crippen molar-refractivity contribution in [2.24, 2.45) is 13.0 Å². The molecule has 2 aromatic carbocycles. The monoisotopic (exact) mass is 595 g/mol. The molecule has 2 aliphatic heterocycles. The molecule has 1 aromatic heterocycles. The molecular weight excluding hydrogens is 570 g/mol. The van der Waals surface area contributed by atoms with E-state index in [2.05, 4.69) is 10.3 Å². The smallest absolute Gasteiger partial charge is 0.329 e. The summed E-state index contributed by atoms with van der Waals surface area (Å²) in [5.41, 5.74) is -1.52. The molecule has 0 bridgehead atoms. The number of Topliss-reactive ketones (excluding diaryl/α,β-unsaturated/α-hetero) is 2. The van der Waals surface area contributed by atoms with Crippen molar-refractivity contribution < 1.29 is 23.8 Å². The van der Waals surface area contributed by atoms with Crippen molar-refractivity contribution in [2.75, 3.05) is 25.8 Å². The van der Waals surface area contributed by atoms with Crippen LogP contribution in [0.25, 0.3) is 0 Å². The van der Waals surface area contributed by atoms with E-state index in [-0.39, 0.29) is 45.4 Å². The van der Waals surface area contributed by atoms with Gasteiger partial charge >= 0.3 is 5.69 Å². The fourth-order valence-electron chi connectivity index (χ4n) is 6.09. The zero-order valence-electron chi connectivity index (χ0n) is 22.8. The van der Waals surface area contributed by atoms with Gasteiger partial charge in [0.2, 0.25) is 17.2 Å². The Balaban J connectivity index is 1.59. The van der Waals surface area contributed by atoms with Crippen LogP contribution in [-0.4, -0.2) is 47.2 Å². The Hall–Kier alpha value is -3.96. The van der Waals surface area contributed by atoms with Crippen LogP contribution in [0.4, 0.5) is 5.82 Å². The minimum atomic E-state index is -1.95. The summed E-state index contributed by atoms with van der Waals surface area (Å²) in [5.74, 6) is -1.97. The lowest BCUT2D eigenvalue weighted by molar-refractivity contribution is -0.130. The van der Waals surface area contributed by atoms with Gasteiger partial charge in [0.05, 0.1) is 19.8 Å². The van der Waals surface area contributed by atoms with E-state index < -0.39 is 40.3 Å². The third kappa shape index (κ3) is 3.64. The van der Waals surface area contributed by atoms with Gasteiger partial charge < -0.3 is 19.5 Å². The number of nitrogens with one attached hydrogen (secondary N) is 2. The Morgan fingerprint density at radius 2 is 1.76 bits per heavy atom. The molecule has 212 valence electrons. The number of hydrogen-bond donors (Lipinski definition) is 2. The van der Waals surface area contributed by atoms with E-state index in [9.17, 15) is 19.2 Å². The van der Waals surface area contributed by atoms with Gasteiger partial charge in [-0.3, -0.25) is 23.9 Å². The molecule has 1 unspecified atom stereocenters. The lowest BCUT2D eigenvalue weighted by atomic mass is 9.66. The van der Waals surface area contributed by atoms with Gasteiger partial charge in [0.25, 0.3) is 5.56 Å². The normalized spacial score (nSPS) is 22.6. The van der Waals surface area contributed by atoms with E-state index in [0.29, 0.717) is 17.1 Å². The molecule has 2 N–H and O–H groups in total. The number of rotatable bonds is 4. The van der Waals surface area contributed by atoms with Crippen molar-refractivity contribution in [3.05, 3.63) is 84.2 Å². The number of fused-ring (bicyclic) bond motifs is 2. The van der Waals surface area contributed by atoms with E-state index in [1.807, 2.05) is 30.5 Å². The van der Waals surface area contributed by atoms with Gasteiger partial charge in [-0.15, -0.1) is 11.8 Å². The Kier molecular flexibility index (Phi) is 6.35. The number of ketones is 2. The molecule has 3 aromatic rings. The van der Waals surface area contributed by atoms with Gasteiger partial charge in [0.1, 0.15) is 27.9 Å². The van der Waals surface area contributed by atoms with Crippen LogP contribution in [0.5, 0.6) is 17.2 Å². The van der Waals surface area contributed by atoms with E-state index in [0.717, 1.165) is 4.90 Å². The second-order valence-corrected chi connectivity index (χ2v) is 11.5. The predicted octanol–water partition coefficient (Wildman–Crippen LogP) is 3.90. The zero-order valence-corrected chi connectivity index (χ0v) is 24.4. The molecule has 10 nitrogen and oxygen atoms in total. The van der Waals surface area contributed by atoms with Gasteiger partial charge in [-0.1, -0.05) is 30.7 Å². The quantitative estimate of drug-likeness (QED) is 0.341. The van der Waals surface area contributed by atoms with E-state index in [4.69, 9.17) is 25.8 Å². The zero-order chi connectivity index (χ0) is 29.4. The number of aromatic nitrogens is 2. The molecule has 3 heterocycles. The first-order valence-corrected chi connectivity index (χ1v) is 14.4. The lowest BCUT2D eigenvalue weighted by Gasteiger charge is -2.42. The van der Waals surface area contributed by atoms with Crippen molar-refractivity contribution >= 4 is 40.7 Å². The Morgan fingerprint density at radius 1 is 1.07 bits per heavy atom. The van der Waals surface area contributed by atoms with Crippen LogP contribution in [0.2, 0.25) is 5.02 Å². The van der Waals surface area contributed by atoms with Crippen molar-refractivity contribution in [1.82, 2.24) is 9.55 Å². The number of ether oxygens (including phenoxy) is 3. The first kappa shape index (κ1) is 27.2. The largest absolute Gasteiger partial charge is 0.496 e. The molecule has 0 amide bonds. The third-order valence-corrected chi connectivity index (χ3v) is 9.29. The lowest BCUT2D eigenvalue weighted by Crippen LogP contribution is -2.58. The number of benzene rings is 2. The summed E-state index contributed by atoms with van der Waals surface area (Å²) in [4.78, 5) is 58.3. The number of aromatic amines is 1. The highest BCUT2D eigenvalue weighted by atomic mass is 35.5. The summed E-state index contributed by atoms with van der Waals surface area (Å²) in [7, 11) is 4.37. The second-order valence-electron chi connectivity index (χ2n) is 10.2. The van der Waals surface area contributed by atoms with E-state index >= 15 is 0 Å². The number of nitrogens with zero attached hydrogens (tertiary/aromatic N) is 1. The molecule has 0 saturated heterocycles. The number of carbonyl (C=O) groups excluding carboxylic acids is 2. The highest BCUT2D eigenvalue weighted by molar-refractivity contribution is 7.98. The molecule has 1 spiro atoms. The van der Waals surface area contributed by atoms with E-state index in [1.54, 1.807) is 25.7 Å². The van der Waals surface area contributed by atoms with Crippen molar-refractivity contribution in [3.8, 4) is 17.2 Å². The SMILES string of the molecule is COc1cc(OC)c2c(c1Cl)O[C@@]1(C(=O)C3=C(C[C@H]1C)Nc1c(c(=O)[nH]c(=O)n1C)C3c1ccc(SC)cc1)C2=O. The highest BCUT2D eigenvalue weighted by Gasteiger charge is 2.63. The molecule has 1 aliphatic carbocycles. The van der Waals surface area contributed by atoms with E-state index in [1.165, 1.54) is 24.9 Å². The molecule has 0 saturated carbocycles. The second kappa shape index (κ2) is 9.56. The first-order valence-electron chi connectivity index (χ1n) is 12.8. The average molecular weight is 596 g/mol. The number of hydrogen-bond acceptors (Lipinski definition) is 9. The summed E-state index contributed by atoms with van der Waals surface area (Å²) in [6.45, 7) is 1.75. The summed E-state index contributed by atoms with van der Waals surface area (Å²) >= 11 is 8.14. The molecule has 12 heteroatoms. The maximum atomic E-state index is 14.8. The number of anilines is 1. The molecule has 6 rings (SSSR count). The van der Waals surface area contributed by atoms with Crippen LogP contribution in [0, 0.1) is 5.92 Å². The molecule has 41 heavy (non-hydrogen) atoms. The number of thioether (sulfide) groups is 1. The Bertz CT molecular complexity index is 1810. The maximum Gasteiger partial charge on any atom is 0.329 e. The molecule has 3 atom stereocenters. The standard InChI is InChI=1S/C29H26ClN3O7S/c1-12-10-15-19(24(34)29(12)25(35)20-16(38-3)11-17(39-4)22(30)23(20)40-29)18(13-6-8-14(41-5)9-7-13)21-26(31-15)33(2)28(37)32-27(21)36/h6-9,11-12,18,31H,10H2,1-5H3,(H,32,36,37)/t12-,18?,29+/m1/s1. The topological polar surface area (TPSA) is 129 Å². The van der Waals surface area contributed by atoms with Crippen LogP contribution in [-0.2, 0) is 11.8 Å². The molecular formula is C29H26ClN3O7S. The van der Waals surface area contributed by atoms with Gasteiger partial charge in [0, 0.05) is 41.1 Å². The van der Waals surface area contributed by atoms with Gasteiger partial charge in [0.15, 0.2) is 5.75 Å². The number of halogens is 1. The maximum absolute atomic E-state index is 14.8. The average Bonchev–Trinajstić information content (AvgIpc) is 3.28. The molecule has 0 radical (unpaired) electrons. The Labute approximate surface area is 243 Å². The molecule has 0 fully saturated rings. The fraction of sp³-hybridized carbons (Fsp3) is 0.310. The van der Waals surface area contributed by atoms with Crippen LogP contribution >= 0.6 is 23.4 Å². The number of H-pyrrole nitrogens is 1. The third-order valence-electron chi connectivity index (χ3n) is 8.19. The van der Waals surface area contributed by atoms with Crippen LogP contribution in [0.1, 0.15) is 40.7 Å². The summed E-state index contributed by atoms with van der Waals surface area (Å²) < 4.78 is 18.5. The van der Waals surface area contributed by atoms with Crippen molar-refractivity contribution in [3.63, 3.8) is 0 Å². The fourth-order valence-corrected chi connectivity index (χ4v) is 6.77. The van der Waals surface area contributed by atoms with Crippen LogP contribution in [0.15, 0.2) is 56.1 Å².